The third-order valence-electron chi connectivity index (χ3n) is 4.22. The summed E-state index contributed by atoms with van der Waals surface area (Å²) in [6.07, 6.45) is -10.4. The summed E-state index contributed by atoms with van der Waals surface area (Å²) in [6.45, 7) is 0.0427. The summed E-state index contributed by atoms with van der Waals surface area (Å²) in [5, 5.41) is 12.2. The van der Waals surface area contributed by atoms with E-state index in [4.69, 9.17) is 18.9 Å². The Morgan fingerprint density at radius 2 is 1.96 bits per heavy atom. The number of amides is 1. The Morgan fingerprint density at radius 3 is 2.58 bits per heavy atom. The van der Waals surface area contributed by atoms with Crippen LogP contribution in [-0.4, -0.2) is 61.6 Å². The molecular formula is C16H18F3NO6. The van der Waals surface area contributed by atoms with Crippen molar-refractivity contribution in [3.63, 3.8) is 0 Å². The molecule has 0 saturated carbocycles. The first-order valence-corrected chi connectivity index (χ1v) is 7.87. The standard InChI is InChI=1S/C16H18F3NO6/c1-23-14-10(20-15(22)16(17,18)19)11(21)12-9(25-14)7-24-13(26-12)8-5-3-2-4-6-8/h2-6,9-14,21H,7H2,1H3,(H,20,22)/t9-,10-,11-,12+,13?,14-/m1/s1. The molecule has 3 rings (SSSR count). The van der Waals surface area contributed by atoms with Gasteiger partial charge in [-0.1, -0.05) is 30.3 Å². The quantitative estimate of drug-likeness (QED) is 0.814. The average Bonchev–Trinajstić information content (AvgIpc) is 2.63. The van der Waals surface area contributed by atoms with E-state index in [0.29, 0.717) is 5.56 Å². The highest BCUT2D eigenvalue weighted by molar-refractivity contribution is 5.82. The van der Waals surface area contributed by atoms with Crippen molar-refractivity contribution in [2.75, 3.05) is 13.7 Å². The van der Waals surface area contributed by atoms with Crippen LogP contribution in [0.15, 0.2) is 30.3 Å². The molecule has 1 unspecified atom stereocenters. The molecule has 6 atom stereocenters. The maximum atomic E-state index is 12.6. The van der Waals surface area contributed by atoms with E-state index in [9.17, 15) is 23.1 Å². The number of carbonyl (C=O) groups excluding carboxylic acids is 1. The molecule has 2 fully saturated rings. The summed E-state index contributed by atoms with van der Waals surface area (Å²) in [5.74, 6) is -2.20. The van der Waals surface area contributed by atoms with Crippen LogP contribution >= 0.6 is 0 Å². The summed E-state index contributed by atoms with van der Waals surface area (Å²) in [6, 6.07) is 7.40. The molecule has 0 radical (unpaired) electrons. The maximum absolute atomic E-state index is 12.6. The van der Waals surface area contributed by atoms with Gasteiger partial charge >= 0.3 is 12.1 Å². The Bertz CT molecular complexity index is 628. The number of benzene rings is 1. The van der Waals surface area contributed by atoms with E-state index in [2.05, 4.69) is 0 Å². The third-order valence-corrected chi connectivity index (χ3v) is 4.22. The molecule has 2 aliphatic rings. The fourth-order valence-corrected chi connectivity index (χ4v) is 2.96. The number of hydrogen-bond donors (Lipinski definition) is 2. The minimum atomic E-state index is -5.10. The van der Waals surface area contributed by atoms with Crippen molar-refractivity contribution < 1.29 is 42.0 Å². The highest BCUT2D eigenvalue weighted by atomic mass is 19.4. The number of halogens is 3. The van der Waals surface area contributed by atoms with Gasteiger partial charge in [0.1, 0.15) is 24.4 Å². The van der Waals surface area contributed by atoms with Crippen LogP contribution in [0, 0.1) is 0 Å². The van der Waals surface area contributed by atoms with Crippen LogP contribution in [0.3, 0.4) is 0 Å². The normalized spacial score (nSPS) is 34.8. The molecule has 2 aliphatic heterocycles. The van der Waals surface area contributed by atoms with Crippen LogP contribution in [0.4, 0.5) is 13.2 Å². The second kappa shape index (κ2) is 7.49. The lowest BCUT2D eigenvalue weighted by molar-refractivity contribution is -0.341. The molecule has 2 saturated heterocycles. The van der Waals surface area contributed by atoms with Crippen LogP contribution in [0.25, 0.3) is 0 Å². The molecule has 7 nitrogen and oxygen atoms in total. The summed E-state index contributed by atoms with van der Waals surface area (Å²) in [7, 11) is 1.20. The van der Waals surface area contributed by atoms with Gasteiger partial charge in [0.25, 0.3) is 0 Å². The van der Waals surface area contributed by atoms with Crippen molar-refractivity contribution in [1.29, 1.82) is 0 Å². The minimum Gasteiger partial charge on any atom is -0.388 e. The van der Waals surface area contributed by atoms with Crippen molar-refractivity contribution in [3.05, 3.63) is 35.9 Å². The van der Waals surface area contributed by atoms with Gasteiger partial charge < -0.3 is 29.4 Å². The predicted octanol–water partition coefficient (Wildman–Crippen LogP) is 0.880. The fourth-order valence-electron chi connectivity index (χ4n) is 2.96. The van der Waals surface area contributed by atoms with E-state index in [-0.39, 0.29) is 6.61 Å². The molecule has 144 valence electrons. The molecular weight excluding hydrogens is 359 g/mol. The van der Waals surface area contributed by atoms with E-state index < -0.39 is 49.0 Å². The number of rotatable bonds is 3. The number of hydrogen-bond acceptors (Lipinski definition) is 6. The minimum absolute atomic E-state index is 0.0427. The molecule has 26 heavy (non-hydrogen) atoms. The Morgan fingerprint density at radius 1 is 1.27 bits per heavy atom. The van der Waals surface area contributed by atoms with Crippen LogP contribution in [-0.2, 0) is 23.7 Å². The van der Waals surface area contributed by atoms with Gasteiger partial charge in [-0.05, 0) is 0 Å². The molecule has 2 N–H and O–H groups in total. The van der Waals surface area contributed by atoms with E-state index in [1.807, 2.05) is 0 Å². The first-order chi connectivity index (χ1) is 12.3. The summed E-state index contributed by atoms with van der Waals surface area (Å²) >= 11 is 0. The van der Waals surface area contributed by atoms with Crippen LogP contribution in [0.5, 0.6) is 0 Å². The molecule has 2 heterocycles. The largest absolute Gasteiger partial charge is 0.471 e. The molecule has 0 bridgehead atoms. The third kappa shape index (κ3) is 3.84. The maximum Gasteiger partial charge on any atom is 0.471 e. The van der Waals surface area contributed by atoms with Crippen molar-refractivity contribution >= 4 is 5.91 Å². The smallest absolute Gasteiger partial charge is 0.388 e. The number of carbonyl (C=O) groups is 1. The molecule has 0 spiro atoms. The van der Waals surface area contributed by atoms with Crippen molar-refractivity contribution in [2.24, 2.45) is 0 Å². The lowest BCUT2D eigenvalue weighted by atomic mass is 9.95. The summed E-state index contributed by atoms with van der Waals surface area (Å²) < 4.78 is 59.4. The van der Waals surface area contributed by atoms with Crippen LogP contribution in [0.1, 0.15) is 11.9 Å². The monoisotopic (exact) mass is 377 g/mol. The number of ether oxygens (including phenoxy) is 4. The fraction of sp³-hybridized carbons (Fsp3) is 0.562. The number of methoxy groups -OCH3 is 1. The SMILES string of the molecule is CO[C@@H]1O[C@@H]2COC(c3ccccc3)O[C@@H]2[C@H](O)[C@H]1NC(=O)C(F)(F)F. The zero-order valence-corrected chi connectivity index (χ0v) is 13.7. The number of fused-ring (bicyclic) bond motifs is 1. The van der Waals surface area contributed by atoms with Gasteiger partial charge in [-0.15, -0.1) is 0 Å². The first kappa shape index (κ1) is 19.1. The first-order valence-electron chi connectivity index (χ1n) is 7.87. The van der Waals surface area contributed by atoms with E-state index >= 15 is 0 Å². The van der Waals surface area contributed by atoms with Gasteiger partial charge in [0.15, 0.2) is 12.6 Å². The van der Waals surface area contributed by atoms with Gasteiger partial charge in [-0.25, -0.2) is 0 Å². The topological polar surface area (TPSA) is 86.2 Å². The van der Waals surface area contributed by atoms with Gasteiger partial charge in [-0.2, -0.15) is 13.2 Å². The van der Waals surface area contributed by atoms with Crippen LogP contribution < -0.4 is 5.32 Å². The number of aliphatic hydroxyl groups is 1. The molecule has 0 aliphatic carbocycles. The van der Waals surface area contributed by atoms with Gasteiger partial charge in [0.05, 0.1) is 6.61 Å². The Balaban J connectivity index is 1.76. The lowest BCUT2D eigenvalue weighted by Crippen LogP contribution is -2.67. The molecule has 0 aromatic heterocycles. The number of nitrogens with one attached hydrogen (secondary N) is 1. The van der Waals surface area contributed by atoms with Gasteiger partial charge in [0, 0.05) is 12.7 Å². The second-order valence-electron chi connectivity index (χ2n) is 5.94. The molecule has 1 amide bonds. The Labute approximate surface area is 147 Å². The van der Waals surface area contributed by atoms with E-state index in [0.717, 1.165) is 0 Å². The van der Waals surface area contributed by atoms with Gasteiger partial charge in [0.2, 0.25) is 0 Å². The van der Waals surface area contributed by atoms with E-state index in [1.165, 1.54) is 7.11 Å². The van der Waals surface area contributed by atoms with Crippen molar-refractivity contribution in [3.8, 4) is 0 Å². The summed E-state index contributed by atoms with van der Waals surface area (Å²) in [4.78, 5) is 11.3. The van der Waals surface area contributed by atoms with Crippen molar-refractivity contribution in [1.82, 2.24) is 5.32 Å². The molecule has 1 aromatic rings. The summed E-state index contributed by atoms with van der Waals surface area (Å²) in [5.41, 5.74) is 0.683. The zero-order valence-electron chi connectivity index (χ0n) is 13.7. The zero-order chi connectivity index (χ0) is 18.9. The predicted molar refractivity (Wildman–Crippen MR) is 79.7 cm³/mol. The Hall–Kier alpha value is -1.72. The molecule has 10 heteroatoms. The molecule has 1 aromatic carbocycles. The highest BCUT2D eigenvalue weighted by Crippen LogP contribution is 2.34. The second-order valence-corrected chi connectivity index (χ2v) is 5.94. The number of aliphatic hydroxyl groups excluding tert-OH is 1. The number of alkyl halides is 3. The van der Waals surface area contributed by atoms with E-state index in [1.54, 1.807) is 35.6 Å². The Kier molecular flexibility index (Phi) is 5.49. The van der Waals surface area contributed by atoms with Crippen molar-refractivity contribution in [2.45, 2.75) is 43.1 Å². The van der Waals surface area contributed by atoms with Crippen LogP contribution in [0.2, 0.25) is 0 Å². The average molecular weight is 377 g/mol. The lowest BCUT2D eigenvalue weighted by Gasteiger charge is -2.47. The van der Waals surface area contributed by atoms with Gasteiger partial charge in [-0.3, -0.25) is 4.79 Å². The highest BCUT2D eigenvalue weighted by Gasteiger charge is 2.52.